The molecule has 0 aliphatic carbocycles. The van der Waals surface area contributed by atoms with E-state index >= 15 is 0 Å². The van der Waals surface area contributed by atoms with Crippen molar-refractivity contribution in [3.8, 4) is 23.0 Å². The van der Waals surface area contributed by atoms with Gasteiger partial charge < -0.3 is 4.42 Å². The number of benzene rings is 1. The van der Waals surface area contributed by atoms with Gasteiger partial charge in [-0.2, -0.15) is 5.10 Å². The topological polar surface area (TPSA) is 67.6 Å². The van der Waals surface area contributed by atoms with Crippen molar-refractivity contribution in [2.24, 2.45) is 0 Å². The zero-order valence-corrected chi connectivity index (χ0v) is 10.3. The average molecular weight is 261 g/mol. The largest absolute Gasteiger partial charge is 0.415 e. The summed E-state index contributed by atoms with van der Waals surface area (Å²) in [6.07, 6.45) is 0. The number of aromatic nitrogens is 4. The molecule has 5 nitrogen and oxygen atoms in total. The number of nitrogens with one attached hydrogen (secondary N) is 1. The lowest BCUT2D eigenvalue weighted by atomic mass is 10.2. The summed E-state index contributed by atoms with van der Waals surface area (Å²) in [7, 11) is 0. The highest BCUT2D eigenvalue weighted by atomic mass is 35.5. The van der Waals surface area contributed by atoms with Crippen molar-refractivity contribution < 1.29 is 4.42 Å². The minimum Gasteiger partial charge on any atom is -0.415 e. The molecular weight excluding hydrogens is 252 g/mol. The summed E-state index contributed by atoms with van der Waals surface area (Å²) in [6, 6.07) is 9.10. The predicted molar refractivity (Wildman–Crippen MR) is 67.1 cm³/mol. The zero-order valence-electron chi connectivity index (χ0n) is 9.51. The Morgan fingerprint density at radius 1 is 1.17 bits per heavy atom. The highest BCUT2D eigenvalue weighted by Gasteiger charge is 2.12. The number of H-pyrrole nitrogens is 1. The Morgan fingerprint density at radius 3 is 2.72 bits per heavy atom. The summed E-state index contributed by atoms with van der Waals surface area (Å²) >= 11 is 5.91. The van der Waals surface area contributed by atoms with Gasteiger partial charge in [-0.05, 0) is 31.2 Å². The third-order valence-electron chi connectivity index (χ3n) is 2.42. The smallest absolute Gasteiger partial charge is 0.268 e. The van der Waals surface area contributed by atoms with Crippen LogP contribution in [0.3, 0.4) is 0 Å². The second kappa shape index (κ2) is 4.27. The Hall–Kier alpha value is -2.14. The molecule has 0 bridgehead atoms. The molecule has 0 radical (unpaired) electrons. The van der Waals surface area contributed by atoms with Crippen LogP contribution >= 0.6 is 11.6 Å². The van der Waals surface area contributed by atoms with E-state index in [0.717, 1.165) is 11.3 Å². The molecule has 0 saturated heterocycles. The summed E-state index contributed by atoms with van der Waals surface area (Å²) in [5.41, 5.74) is 2.36. The fourth-order valence-corrected chi connectivity index (χ4v) is 1.78. The first-order valence-corrected chi connectivity index (χ1v) is 5.72. The highest BCUT2D eigenvalue weighted by Crippen LogP contribution is 2.24. The van der Waals surface area contributed by atoms with Gasteiger partial charge in [0.05, 0.1) is 0 Å². The lowest BCUT2D eigenvalue weighted by Gasteiger charge is -1.94. The number of hydrogen-bond donors (Lipinski definition) is 1. The fourth-order valence-electron chi connectivity index (χ4n) is 1.59. The summed E-state index contributed by atoms with van der Waals surface area (Å²) < 4.78 is 5.56. The standard InChI is InChI=1S/C12H9ClN4O/c1-7-5-10(15-14-7)12-17-16-11(18-12)8-3-2-4-9(13)6-8/h2-6H,1H3,(H,14,15). The van der Waals surface area contributed by atoms with E-state index in [1.54, 1.807) is 12.1 Å². The molecule has 0 aliphatic rings. The van der Waals surface area contributed by atoms with E-state index in [4.69, 9.17) is 16.0 Å². The number of aromatic amines is 1. The van der Waals surface area contributed by atoms with E-state index in [1.807, 2.05) is 25.1 Å². The molecule has 0 saturated carbocycles. The van der Waals surface area contributed by atoms with Gasteiger partial charge in [-0.3, -0.25) is 5.10 Å². The van der Waals surface area contributed by atoms with Crippen LogP contribution in [0.5, 0.6) is 0 Å². The van der Waals surface area contributed by atoms with Crippen molar-refractivity contribution in [2.45, 2.75) is 6.92 Å². The molecule has 1 aromatic carbocycles. The summed E-state index contributed by atoms with van der Waals surface area (Å²) in [4.78, 5) is 0. The van der Waals surface area contributed by atoms with E-state index in [1.165, 1.54) is 0 Å². The summed E-state index contributed by atoms with van der Waals surface area (Å²) in [5, 5.41) is 15.5. The quantitative estimate of drug-likeness (QED) is 0.769. The maximum absolute atomic E-state index is 5.91. The zero-order chi connectivity index (χ0) is 12.5. The molecule has 90 valence electrons. The van der Waals surface area contributed by atoms with E-state index in [-0.39, 0.29) is 0 Å². The van der Waals surface area contributed by atoms with Crippen LogP contribution in [-0.4, -0.2) is 20.4 Å². The molecule has 0 unspecified atom stereocenters. The van der Waals surface area contributed by atoms with Crippen molar-refractivity contribution in [3.05, 3.63) is 41.0 Å². The predicted octanol–water partition coefficient (Wildman–Crippen LogP) is 3.09. The van der Waals surface area contributed by atoms with Crippen molar-refractivity contribution >= 4 is 11.6 Å². The minimum atomic E-state index is 0.384. The molecule has 0 amide bonds. The molecule has 18 heavy (non-hydrogen) atoms. The van der Waals surface area contributed by atoms with Crippen LogP contribution in [0, 0.1) is 6.92 Å². The van der Waals surface area contributed by atoms with Gasteiger partial charge in [0.1, 0.15) is 5.69 Å². The lowest BCUT2D eigenvalue weighted by molar-refractivity contribution is 0.582. The third-order valence-corrected chi connectivity index (χ3v) is 2.66. The van der Waals surface area contributed by atoms with Gasteiger partial charge in [-0.15, -0.1) is 10.2 Å². The minimum absolute atomic E-state index is 0.384. The van der Waals surface area contributed by atoms with Crippen molar-refractivity contribution in [1.29, 1.82) is 0 Å². The molecular formula is C12H9ClN4O. The molecule has 3 aromatic rings. The molecule has 0 fully saturated rings. The first-order chi connectivity index (χ1) is 8.72. The van der Waals surface area contributed by atoms with E-state index < -0.39 is 0 Å². The number of aryl methyl sites for hydroxylation is 1. The number of nitrogens with zero attached hydrogens (tertiary/aromatic N) is 3. The number of halogens is 1. The maximum Gasteiger partial charge on any atom is 0.268 e. The third kappa shape index (κ3) is 2.00. The molecule has 0 atom stereocenters. The first kappa shape index (κ1) is 11.0. The molecule has 0 spiro atoms. The summed E-state index contributed by atoms with van der Waals surface area (Å²) in [6.45, 7) is 1.91. The SMILES string of the molecule is Cc1cc(-c2nnc(-c3cccc(Cl)c3)o2)n[nH]1. The second-order valence-corrected chi connectivity index (χ2v) is 4.30. The maximum atomic E-state index is 5.91. The van der Waals surface area contributed by atoms with Crippen LogP contribution in [0.25, 0.3) is 23.0 Å². The Bertz CT molecular complexity index is 689. The molecule has 2 aromatic heterocycles. The van der Waals surface area contributed by atoms with Gasteiger partial charge in [0.25, 0.3) is 5.89 Å². The normalized spacial score (nSPS) is 10.8. The average Bonchev–Trinajstić information content (AvgIpc) is 2.97. The van der Waals surface area contributed by atoms with E-state index in [9.17, 15) is 0 Å². The Morgan fingerprint density at radius 2 is 2.00 bits per heavy atom. The molecule has 6 heteroatoms. The van der Waals surface area contributed by atoms with Crippen LogP contribution in [0.1, 0.15) is 5.69 Å². The number of hydrogen-bond acceptors (Lipinski definition) is 4. The molecule has 2 heterocycles. The van der Waals surface area contributed by atoms with Gasteiger partial charge >= 0.3 is 0 Å². The Kier molecular flexibility index (Phi) is 2.60. The number of rotatable bonds is 2. The van der Waals surface area contributed by atoms with E-state index in [0.29, 0.717) is 22.5 Å². The van der Waals surface area contributed by atoms with Gasteiger partial charge in [0, 0.05) is 16.3 Å². The molecule has 0 aliphatic heterocycles. The Labute approximate surface area is 108 Å². The monoisotopic (exact) mass is 260 g/mol. The van der Waals surface area contributed by atoms with Crippen LogP contribution in [0.2, 0.25) is 5.02 Å². The van der Waals surface area contributed by atoms with Gasteiger partial charge in [0.2, 0.25) is 5.89 Å². The second-order valence-electron chi connectivity index (χ2n) is 3.86. The summed E-state index contributed by atoms with van der Waals surface area (Å²) in [5.74, 6) is 0.808. The van der Waals surface area contributed by atoms with E-state index in [2.05, 4.69) is 20.4 Å². The molecule has 1 N–H and O–H groups in total. The lowest BCUT2D eigenvalue weighted by Crippen LogP contribution is -1.77. The van der Waals surface area contributed by atoms with Crippen molar-refractivity contribution in [1.82, 2.24) is 20.4 Å². The van der Waals surface area contributed by atoms with Gasteiger partial charge in [-0.25, -0.2) is 0 Å². The molecule has 3 rings (SSSR count). The Balaban J connectivity index is 1.99. The van der Waals surface area contributed by atoms with Crippen LogP contribution in [0.4, 0.5) is 0 Å². The highest BCUT2D eigenvalue weighted by molar-refractivity contribution is 6.30. The van der Waals surface area contributed by atoms with Gasteiger partial charge in [0.15, 0.2) is 0 Å². The van der Waals surface area contributed by atoms with Crippen molar-refractivity contribution in [2.75, 3.05) is 0 Å². The van der Waals surface area contributed by atoms with Crippen LogP contribution in [0.15, 0.2) is 34.7 Å². The van der Waals surface area contributed by atoms with Crippen LogP contribution in [-0.2, 0) is 0 Å². The fraction of sp³-hybridized carbons (Fsp3) is 0.0833. The van der Waals surface area contributed by atoms with Crippen LogP contribution < -0.4 is 0 Å². The van der Waals surface area contributed by atoms with Gasteiger partial charge in [-0.1, -0.05) is 17.7 Å². The first-order valence-electron chi connectivity index (χ1n) is 5.34. The van der Waals surface area contributed by atoms with Crippen molar-refractivity contribution in [3.63, 3.8) is 0 Å².